The molecule has 0 amide bonds. The van der Waals surface area contributed by atoms with Gasteiger partial charge < -0.3 is 5.11 Å². The largest absolute Gasteiger partial charge is 0.477 e. The molecule has 0 radical (unpaired) electrons. The highest BCUT2D eigenvalue weighted by molar-refractivity contribution is 7.16. The predicted molar refractivity (Wildman–Crippen MR) is 102 cm³/mol. The summed E-state index contributed by atoms with van der Waals surface area (Å²) in [6, 6.07) is 21.8. The van der Waals surface area contributed by atoms with Crippen molar-refractivity contribution < 1.29 is 9.90 Å². The summed E-state index contributed by atoms with van der Waals surface area (Å²) in [5.41, 5.74) is 4.17. The van der Waals surface area contributed by atoms with Crippen LogP contribution in [0.3, 0.4) is 0 Å². The van der Waals surface area contributed by atoms with E-state index in [-0.39, 0.29) is 4.88 Å². The van der Waals surface area contributed by atoms with E-state index < -0.39 is 5.97 Å². The van der Waals surface area contributed by atoms with Gasteiger partial charge in [-0.1, -0.05) is 72.0 Å². The van der Waals surface area contributed by atoms with E-state index in [2.05, 4.69) is 4.98 Å². The summed E-state index contributed by atoms with van der Waals surface area (Å²) in [5, 5.41) is 14.6. The Bertz CT molecular complexity index is 1070. The van der Waals surface area contributed by atoms with Crippen molar-refractivity contribution in [1.82, 2.24) is 14.8 Å². The summed E-state index contributed by atoms with van der Waals surface area (Å²) in [4.78, 5) is 16.1. The molecule has 0 spiro atoms. The second-order valence-corrected chi connectivity index (χ2v) is 6.75. The van der Waals surface area contributed by atoms with E-state index in [9.17, 15) is 9.90 Å². The van der Waals surface area contributed by atoms with Crippen molar-refractivity contribution in [1.29, 1.82) is 0 Å². The van der Waals surface area contributed by atoms with Gasteiger partial charge in [0.2, 0.25) is 5.13 Å². The maximum Gasteiger partial charge on any atom is 0.347 e. The first-order valence-electron chi connectivity index (χ1n) is 8.05. The maximum atomic E-state index is 11.4. The maximum absolute atomic E-state index is 11.4. The summed E-state index contributed by atoms with van der Waals surface area (Å²) in [7, 11) is 0. The number of benzene rings is 2. The first-order valence-corrected chi connectivity index (χ1v) is 8.87. The molecule has 2 aromatic heterocycles. The normalized spacial score (nSPS) is 10.8. The minimum Gasteiger partial charge on any atom is -0.477 e. The quantitative estimate of drug-likeness (QED) is 0.573. The Hall–Kier alpha value is -3.25. The Morgan fingerprint density at radius 2 is 1.62 bits per heavy atom. The number of carboxylic acids is 1. The molecule has 0 saturated heterocycles. The van der Waals surface area contributed by atoms with E-state index in [0.717, 1.165) is 33.9 Å². The second kappa shape index (κ2) is 6.57. The van der Waals surface area contributed by atoms with Gasteiger partial charge in [-0.15, -0.1) is 0 Å². The molecular weight excluding hydrogens is 346 g/mol. The molecule has 5 nitrogen and oxygen atoms in total. The van der Waals surface area contributed by atoms with Gasteiger partial charge in [0.05, 0.1) is 17.1 Å². The minimum absolute atomic E-state index is 0.232. The van der Waals surface area contributed by atoms with Gasteiger partial charge in [-0.3, -0.25) is 0 Å². The van der Waals surface area contributed by atoms with Crippen molar-refractivity contribution in [2.24, 2.45) is 0 Å². The fraction of sp³-hybridized carbons (Fsp3) is 0.0500. The van der Waals surface area contributed by atoms with Gasteiger partial charge in [0.25, 0.3) is 0 Å². The standard InChI is InChI=1S/C20H15N3O2S/c1-13-18(19(24)25)26-20(21-13)23-17(15-10-6-3-7-11-15)12-16(22-23)14-8-4-2-5-9-14/h2-12H,1H3,(H,24,25). The van der Waals surface area contributed by atoms with Crippen LogP contribution in [-0.2, 0) is 0 Å². The van der Waals surface area contributed by atoms with Crippen LogP contribution in [0.5, 0.6) is 0 Å². The molecule has 0 aliphatic carbocycles. The summed E-state index contributed by atoms with van der Waals surface area (Å²) in [6.45, 7) is 1.70. The first-order chi connectivity index (χ1) is 12.6. The van der Waals surface area contributed by atoms with Crippen LogP contribution < -0.4 is 0 Å². The Morgan fingerprint density at radius 1 is 1.00 bits per heavy atom. The molecule has 0 bridgehead atoms. The molecule has 0 aliphatic rings. The Balaban J connectivity index is 1.91. The van der Waals surface area contributed by atoms with Crippen LogP contribution in [0.25, 0.3) is 27.6 Å². The first kappa shape index (κ1) is 16.2. The monoisotopic (exact) mass is 361 g/mol. The van der Waals surface area contributed by atoms with Gasteiger partial charge in [-0.05, 0) is 13.0 Å². The third-order valence-corrected chi connectivity index (χ3v) is 5.13. The summed E-state index contributed by atoms with van der Waals surface area (Å²) >= 11 is 1.13. The molecule has 0 atom stereocenters. The zero-order chi connectivity index (χ0) is 18.1. The van der Waals surface area contributed by atoms with Crippen molar-refractivity contribution in [3.05, 3.63) is 77.3 Å². The fourth-order valence-corrected chi connectivity index (χ4v) is 3.63. The van der Waals surface area contributed by atoms with Crippen molar-refractivity contribution in [2.75, 3.05) is 0 Å². The number of carboxylic acid groups (broad SMARTS) is 1. The molecule has 6 heteroatoms. The van der Waals surface area contributed by atoms with E-state index in [1.54, 1.807) is 11.6 Å². The zero-order valence-electron chi connectivity index (χ0n) is 14.0. The molecule has 0 saturated carbocycles. The van der Waals surface area contributed by atoms with E-state index in [0.29, 0.717) is 10.8 Å². The molecule has 4 aromatic rings. The third kappa shape index (κ3) is 2.91. The number of hydrogen-bond donors (Lipinski definition) is 1. The Kier molecular flexibility index (Phi) is 4.10. The predicted octanol–water partition coefficient (Wildman–Crippen LogP) is 4.67. The molecule has 2 aromatic carbocycles. The fourth-order valence-electron chi connectivity index (χ4n) is 2.76. The van der Waals surface area contributed by atoms with Gasteiger partial charge in [-0.25, -0.2) is 14.5 Å². The van der Waals surface area contributed by atoms with E-state index in [1.165, 1.54) is 0 Å². The van der Waals surface area contributed by atoms with Crippen LogP contribution in [0.2, 0.25) is 0 Å². The minimum atomic E-state index is -0.969. The average molecular weight is 361 g/mol. The van der Waals surface area contributed by atoms with Crippen LogP contribution in [0.1, 0.15) is 15.4 Å². The lowest BCUT2D eigenvalue weighted by Gasteiger charge is -2.03. The number of aromatic nitrogens is 3. The van der Waals surface area contributed by atoms with Crippen LogP contribution >= 0.6 is 11.3 Å². The summed E-state index contributed by atoms with van der Waals surface area (Å²) in [5.74, 6) is -0.969. The highest BCUT2D eigenvalue weighted by atomic mass is 32.1. The van der Waals surface area contributed by atoms with Crippen molar-refractivity contribution in [3.8, 4) is 27.6 Å². The van der Waals surface area contributed by atoms with E-state index in [4.69, 9.17) is 5.10 Å². The van der Waals surface area contributed by atoms with Crippen LogP contribution in [-0.4, -0.2) is 25.8 Å². The summed E-state index contributed by atoms with van der Waals surface area (Å²) in [6.07, 6.45) is 0. The number of nitrogens with zero attached hydrogens (tertiary/aromatic N) is 3. The molecule has 0 aliphatic heterocycles. The molecule has 0 fully saturated rings. The van der Waals surface area contributed by atoms with Gasteiger partial charge >= 0.3 is 5.97 Å². The number of carbonyl (C=O) groups is 1. The van der Waals surface area contributed by atoms with Crippen molar-refractivity contribution in [3.63, 3.8) is 0 Å². The lowest BCUT2D eigenvalue weighted by atomic mass is 10.1. The lowest BCUT2D eigenvalue weighted by molar-refractivity contribution is 0.0701. The lowest BCUT2D eigenvalue weighted by Crippen LogP contribution is -1.98. The van der Waals surface area contributed by atoms with Gasteiger partial charge in [0.1, 0.15) is 4.88 Å². The second-order valence-electron chi connectivity index (χ2n) is 5.77. The molecule has 1 N–H and O–H groups in total. The van der Waals surface area contributed by atoms with E-state index in [1.807, 2.05) is 66.7 Å². The topological polar surface area (TPSA) is 68.0 Å². The van der Waals surface area contributed by atoms with Crippen LogP contribution in [0, 0.1) is 6.92 Å². The Morgan fingerprint density at radius 3 is 2.19 bits per heavy atom. The third-order valence-electron chi connectivity index (χ3n) is 4.01. The molecule has 26 heavy (non-hydrogen) atoms. The number of rotatable bonds is 4. The van der Waals surface area contributed by atoms with Crippen molar-refractivity contribution >= 4 is 17.3 Å². The molecule has 4 rings (SSSR count). The summed E-state index contributed by atoms with van der Waals surface area (Å²) < 4.78 is 1.72. The van der Waals surface area contributed by atoms with Gasteiger partial charge in [0, 0.05) is 11.1 Å². The smallest absolute Gasteiger partial charge is 0.347 e. The van der Waals surface area contributed by atoms with Crippen LogP contribution in [0.4, 0.5) is 0 Å². The van der Waals surface area contributed by atoms with Gasteiger partial charge in [0.15, 0.2) is 0 Å². The molecule has 2 heterocycles. The van der Waals surface area contributed by atoms with Crippen molar-refractivity contribution in [2.45, 2.75) is 6.92 Å². The molecule has 128 valence electrons. The number of aryl methyl sites for hydroxylation is 1. The molecule has 0 unspecified atom stereocenters. The number of thiazole rings is 1. The highest BCUT2D eigenvalue weighted by Crippen LogP contribution is 2.31. The van der Waals surface area contributed by atoms with Gasteiger partial charge in [-0.2, -0.15) is 5.10 Å². The Labute approximate surface area is 154 Å². The van der Waals surface area contributed by atoms with E-state index >= 15 is 0 Å². The highest BCUT2D eigenvalue weighted by Gasteiger charge is 2.19. The number of aromatic carboxylic acids is 1. The zero-order valence-corrected chi connectivity index (χ0v) is 14.8. The number of hydrogen-bond acceptors (Lipinski definition) is 4. The SMILES string of the molecule is Cc1nc(-n2nc(-c3ccccc3)cc2-c2ccccc2)sc1C(=O)O. The average Bonchev–Trinajstić information content (AvgIpc) is 3.27. The van der Waals surface area contributed by atoms with Crippen LogP contribution in [0.15, 0.2) is 66.7 Å². The molecular formula is C20H15N3O2S.